The number of hydrogen-bond acceptors (Lipinski definition) is 5. The number of Topliss-reactive ketones (excluding diaryl/α,β-unsaturated/α-hetero) is 1. The first-order valence-corrected chi connectivity index (χ1v) is 6.75. The Labute approximate surface area is 105 Å². The summed E-state index contributed by atoms with van der Waals surface area (Å²) in [5.41, 5.74) is 6.50. The minimum Gasteiger partial charge on any atom is -0.492 e. The summed E-state index contributed by atoms with van der Waals surface area (Å²) < 4.78 is 5.36. The predicted octanol–water partition coefficient (Wildman–Crippen LogP) is 2.53. The van der Waals surface area contributed by atoms with Crippen molar-refractivity contribution in [1.29, 1.82) is 0 Å². The molecule has 1 aliphatic heterocycles. The fourth-order valence-corrected chi connectivity index (χ4v) is 3.36. The molecule has 0 unspecified atom stereocenters. The number of ether oxygens (including phenoxy) is 1. The van der Waals surface area contributed by atoms with Crippen LogP contribution in [0.25, 0.3) is 0 Å². The van der Waals surface area contributed by atoms with Crippen LogP contribution >= 0.6 is 11.3 Å². The number of rotatable bonds is 4. The Morgan fingerprint density at radius 3 is 2.65 bits per heavy atom. The van der Waals surface area contributed by atoms with Gasteiger partial charge in [-0.25, -0.2) is 0 Å². The number of carbonyl (C=O) groups excluding carboxylic acids is 1. The molecule has 1 fully saturated rings. The van der Waals surface area contributed by atoms with Gasteiger partial charge in [-0.3, -0.25) is 4.79 Å². The summed E-state index contributed by atoms with van der Waals surface area (Å²) in [6.07, 6.45) is 2.86. The van der Waals surface area contributed by atoms with Gasteiger partial charge in [0, 0.05) is 19.5 Å². The molecule has 0 radical (unpaired) electrons. The molecule has 1 aromatic rings. The summed E-state index contributed by atoms with van der Waals surface area (Å²) in [5, 5.41) is 1.01. The SMILES string of the molecule is CCC(=O)c1sc(N2CCCC2)c(OC)c1N. The zero-order valence-electron chi connectivity index (χ0n) is 10.3. The topological polar surface area (TPSA) is 55.6 Å². The number of anilines is 2. The van der Waals surface area contributed by atoms with Crippen LogP contribution in [0.3, 0.4) is 0 Å². The zero-order valence-corrected chi connectivity index (χ0v) is 11.1. The van der Waals surface area contributed by atoms with Gasteiger partial charge in [-0.1, -0.05) is 6.92 Å². The molecule has 1 saturated heterocycles. The van der Waals surface area contributed by atoms with Gasteiger partial charge in [0.1, 0.15) is 5.00 Å². The van der Waals surface area contributed by atoms with Gasteiger partial charge < -0.3 is 15.4 Å². The van der Waals surface area contributed by atoms with Crippen molar-refractivity contribution in [3.63, 3.8) is 0 Å². The van der Waals surface area contributed by atoms with Gasteiger partial charge in [-0.05, 0) is 12.8 Å². The van der Waals surface area contributed by atoms with E-state index in [1.807, 2.05) is 6.92 Å². The van der Waals surface area contributed by atoms with Crippen LogP contribution in [-0.2, 0) is 0 Å². The Morgan fingerprint density at radius 2 is 2.12 bits per heavy atom. The third kappa shape index (κ3) is 2.11. The van der Waals surface area contributed by atoms with Crippen molar-refractivity contribution >= 4 is 27.8 Å². The molecule has 0 saturated carbocycles. The molecule has 1 aliphatic rings. The summed E-state index contributed by atoms with van der Waals surface area (Å²) in [6.45, 7) is 3.90. The van der Waals surface area contributed by atoms with E-state index in [2.05, 4.69) is 4.90 Å². The Bertz CT molecular complexity index is 422. The van der Waals surface area contributed by atoms with Crippen molar-refractivity contribution in [2.75, 3.05) is 30.8 Å². The molecular weight excluding hydrogens is 236 g/mol. The highest BCUT2D eigenvalue weighted by Crippen LogP contribution is 2.46. The van der Waals surface area contributed by atoms with Crippen LogP contribution in [0.4, 0.5) is 10.7 Å². The van der Waals surface area contributed by atoms with Gasteiger partial charge in [0.2, 0.25) is 0 Å². The summed E-state index contributed by atoms with van der Waals surface area (Å²) >= 11 is 1.47. The first-order valence-electron chi connectivity index (χ1n) is 5.93. The van der Waals surface area contributed by atoms with Gasteiger partial charge >= 0.3 is 0 Å². The molecule has 5 heteroatoms. The van der Waals surface area contributed by atoms with Crippen molar-refractivity contribution in [3.8, 4) is 5.75 Å². The molecular formula is C12H18N2O2S. The van der Waals surface area contributed by atoms with E-state index in [-0.39, 0.29) is 5.78 Å². The van der Waals surface area contributed by atoms with E-state index in [0.717, 1.165) is 18.1 Å². The first kappa shape index (κ1) is 12.2. The number of thiophene rings is 1. The monoisotopic (exact) mass is 254 g/mol. The first-order chi connectivity index (χ1) is 8.19. The Morgan fingerprint density at radius 1 is 1.47 bits per heavy atom. The van der Waals surface area contributed by atoms with E-state index >= 15 is 0 Å². The highest BCUT2D eigenvalue weighted by atomic mass is 32.1. The van der Waals surface area contributed by atoms with Crippen LogP contribution in [0.1, 0.15) is 35.9 Å². The van der Waals surface area contributed by atoms with Gasteiger partial charge in [-0.15, -0.1) is 11.3 Å². The van der Waals surface area contributed by atoms with Gasteiger partial charge in [0.05, 0.1) is 17.7 Å². The number of methoxy groups -OCH3 is 1. The van der Waals surface area contributed by atoms with E-state index < -0.39 is 0 Å². The van der Waals surface area contributed by atoms with E-state index in [9.17, 15) is 4.79 Å². The number of nitrogen functional groups attached to an aromatic ring is 1. The highest BCUT2D eigenvalue weighted by Gasteiger charge is 2.25. The number of ketones is 1. The summed E-state index contributed by atoms with van der Waals surface area (Å²) in [5.74, 6) is 0.768. The van der Waals surface area contributed by atoms with E-state index in [0.29, 0.717) is 22.7 Å². The Balaban J connectivity index is 2.40. The molecule has 1 aromatic heterocycles. The lowest BCUT2D eigenvalue weighted by atomic mass is 10.2. The van der Waals surface area contributed by atoms with E-state index in [1.54, 1.807) is 7.11 Å². The molecule has 2 heterocycles. The maximum Gasteiger partial charge on any atom is 0.177 e. The predicted molar refractivity (Wildman–Crippen MR) is 71.4 cm³/mol. The van der Waals surface area contributed by atoms with E-state index in [1.165, 1.54) is 24.2 Å². The van der Waals surface area contributed by atoms with Gasteiger partial charge in [-0.2, -0.15) is 0 Å². The molecule has 0 aliphatic carbocycles. The minimum absolute atomic E-state index is 0.0937. The Hall–Kier alpha value is -1.23. The van der Waals surface area contributed by atoms with Gasteiger partial charge in [0.15, 0.2) is 11.5 Å². The summed E-state index contributed by atoms with van der Waals surface area (Å²) in [4.78, 5) is 14.7. The van der Waals surface area contributed by atoms with Crippen LogP contribution in [0.2, 0.25) is 0 Å². The zero-order chi connectivity index (χ0) is 12.4. The fraction of sp³-hybridized carbons (Fsp3) is 0.583. The maximum absolute atomic E-state index is 11.8. The average molecular weight is 254 g/mol. The summed E-state index contributed by atoms with van der Waals surface area (Å²) in [6, 6.07) is 0. The molecule has 17 heavy (non-hydrogen) atoms. The van der Waals surface area contributed by atoms with Crippen LogP contribution in [-0.4, -0.2) is 26.0 Å². The fourth-order valence-electron chi connectivity index (χ4n) is 2.11. The standard InChI is InChI=1S/C12H18N2O2S/c1-3-8(15)11-9(13)10(16-2)12(17-11)14-6-4-5-7-14/h3-7,13H2,1-2H3. The number of nitrogens with zero attached hydrogens (tertiary/aromatic N) is 1. The highest BCUT2D eigenvalue weighted by molar-refractivity contribution is 7.19. The smallest absolute Gasteiger partial charge is 0.177 e. The number of carbonyl (C=O) groups is 1. The van der Waals surface area contributed by atoms with Crippen molar-refractivity contribution < 1.29 is 9.53 Å². The lowest BCUT2D eigenvalue weighted by molar-refractivity contribution is 0.0992. The van der Waals surface area contributed by atoms with Crippen LogP contribution in [0.15, 0.2) is 0 Å². The maximum atomic E-state index is 11.8. The minimum atomic E-state index is 0.0937. The molecule has 2 rings (SSSR count). The molecule has 0 spiro atoms. The molecule has 0 atom stereocenters. The second-order valence-electron chi connectivity index (χ2n) is 4.15. The number of nitrogens with two attached hydrogens (primary N) is 1. The number of hydrogen-bond donors (Lipinski definition) is 1. The van der Waals surface area contributed by atoms with Crippen molar-refractivity contribution in [2.24, 2.45) is 0 Å². The second-order valence-corrected chi connectivity index (χ2v) is 5.15. The third-order valence-electron chi connectivity index (χ3n) is 3.05. The van der Waals surface area contributed by atoms with Crippen LogP contribution < -0.4 is 15.4 Å². The third-order valence-corrected chi connectivity index (χ3v) is 4.34. The van der Waals surface area contributed by atoms with Crippen molar-refractivity contribution in [2.45, 2.75) is 26.2 Å². The van der Waals surface area contributed by atoms with E-state index in [4.69, 9.17) is 10.5 Å². The molecule has 4 nitrogen and oxygen atoms in total. The van der Waals surface area contributed by atoms with Gasteiger partial charge in [0.25, 0.3) is 0 Å². The van der Waals surface area contributed by atoms with Crippen LogP contribution in [0, 0.1) is 0 Å². The molecule has 94 valence electrons. The molecule has 2 N–H and O–H groups in total. The average Bonchev–Trinajstić information content (AvgIpc) is 2.95. The second kappa shape index (κ2) is 4.96. The lowest BCUT2D eigenvalue weighted by Crippen LogP contribution is -2.16. The molecule has 0 amide bonds. The molecule has 0 bridgehead atoms. The van der Waals surface area contributed by atoms with Crippen molar-refractivity contribution in [1.82, 2.24) is 0 Å². The van der Waals surface area contributed by atoms with Crippen molar-refractivity contribution in [3.05, 3.63) is 4.88 Å². The largest absolute Gasteiger partial charge is 0.492 e. The molecule has 0 aromatic carbocycles. The lowest BCUT2D eigenvalue weighted by Gasteiger charge is -2.16. The summed E-state index contributed by atoms with van der Waals surface area (Å²) in [7, 11) is 1.61. The Kier molecular flexibility index (Phi) is 3.57. The van der Waals surface area contributed by atoms with Crippen LogP contribution in [0.5, 0.6) is 5.75 Å². The quantitative estimate of drug-likeness (QED) is 0.839. The normalized spacial score (nSPS) is 15.3.